The van der Waals surface area contributed by atoms with Crippen molar-refractivity contribution in [2.75, 3.05) is 23.9 Å². The fraction of sp³-hybridized carbons (Fsp3) is 0.571. The minimum atomic E-state index is -0.428. The van der Waals surface area contributed by atoms with E-state index in [4.69, 9.17) is 9.47 Å². The first-order valence-electron chi connectivity index (χ1n) is 6.46. The molecule has 0 aromatic heterocycles. The highest BCUT2D eigenvalue weighted by Gasteiger charge is 2.29. The van der Waals surface area contributed by atoms with Gasteiger partial charge in [0.25, 0.3) is 0 Å². The fourth-order valence-electron chi connectivity index (χ4n) is 2.00. The number of ether oxygens (including phenoxy) is 2. The van der Waals surface area contributed by atoms with Gasteiger partial charge in [-0.25, -0.2) is 9.59 Å². The largest absolute Gasteiger partial charge is 0.463 e. The van der Waals surface area contributed by atoms with E-state index in [9.17, 15) is 9.59 Å². The average Bonchev–Trinajstić information content (AvgIpc) is 2.46. The molecule has 0 N–H and O–H groups in total. The topological polar surface area (TPSA) is 52.6 Å². The van der Waals surface area contributed by atoms with E-state index in [1.807, 2.05) is 0 Å². The van der Waals surface area contributed by atoms with Crippen LogP contribution in [0.15, 0.2) is 22.3 Å². The molecule has 0 unspecified atom stereocenters. The summed E-state index contributed by atoms with van der Waals surface area (Å²) in [6.45, 7) is 4.07. The third-order valence-corrected chi connectivity index (χ3v) is 4.36. The molecule has 1 aliphatic carbocycles. The molecule has 112 valence electrons. The molecule has 0 bridgehead atoms. The van der Waals surface area contributed by atoms with Crippen LogP contribution in [0.4, 0.5) is 0 Å². The summed E-state index contributed by atoms with van der Waals surface area (Å²) in [7, 11) is 0. The summed E-state index contributed by atoms with van der Waals surface area (Å²) in [4.78, 5) is 24.1. The molecular formula is C14H18Br2O4. The molecule has 6 heteroatoms. The summed E-state index contributed by atoms with van der Waals surface area (Å²) in [5.41, 5.74) is 3.06. The van der Waals surface area contributed by atoms with Crippen LogP contribution in [0.25, 0.3) is 0 Å². The maximum atomic E-state index is 12.0. The van der Waals surface area contributed by atoms with Gasteiger partial charge in [-0.05, 0) is 13.8 Å². The van der Waals surface area contributed by atoms with Crippen LogP contribution in [0.1, 0.15) is 26.7 Å². The number of hydrogen-bond donors (Lipinski definition) is 0. The predicted molar refractivity (Wildman–Crippen MR) is 84.1 cm³/mol. The normalized spacial score (nSPS) is 15.4. The highest BCUT2D eigenvalue weighted by atomic mass is 79.9. The lowest BCUT2D eigenvalue weighted by Crippen LogP contribution is -2.22. The summed E-state index contributed by atoms with van der Waals surface area (Å²) in [5.74, 6) is -0.856. The van der Waals surface area contributed by atoms with E-state index in [0.717, 1.165) is 11.1 Å². The van der Waals surface area contributed by atoms with E-state index >= 15 is 0 Å². The predicted octanol–water partition coefficient (Wildman–Crippen LogP) is 3.29. The smallest absolute Gasteiger partial charge is 0.334 e. The van der Waals surface area contributed by atoms with Crippen LogP contribution >= 0.6 is 31.9 Å². The van der Waals surface area contributed by atoms with E-state index in [2.05, 4.69) is 31.9 Å². The number of hydrogen-bond acceptors (Lipinski definition) is 4. The molecule has 0 atom stereocenters. The SMILES string of the molecule is CCOC(=O)C1=C(C(=O)OCC)CC(CBr)=C(CBr)C1. The average molecular weight is 410 g/mol. The Morgan fingerprint density at radius 1 is 0.900 bits per heavy atom. The van der Waals surface area contributed by atoms with Gasteiger partial charge in [-0.3, -0.25) is 0 Å². The van der Waals surface area contributed by atoms with Crippen molar-refractivity contribution in [2.24, 2.45) is 0 Å². The standard InChI is InChI=1S/C14H18Br2O4/c1-3-19-13(17)11-5-9(7-15)10(8-16)6-12(11)14(18)20-4-2/h3-8H2,1-2H3. The van der Waals surface area contributed by atoms with Crippen molar-refractivity contribution in [3.63, 3.8) is 0 Å². The lowest BCUT2D eigenvalue weighted by Gasteiger charge is -2.22. The molecule has 0 saturated carbocycles. The highest BCUT2D eigenvalue weighted by molar-refractivity contribution is 9.09. The second-order valence-electron chi connectivity index (χ2n) is 4.23. The number of esters is 2. The Morgan fingerprint density at radius 3 is 1.50 bits per heavy atom. The van der Waals surface area contributed by atoms with Gasteiger partial charge in [0, 0.05) is 23.5 Å². The monoisotopic (exact) mass is 408 g/mol. The van der Waals surface area contributed by atoms with Gasteiger partial charge in [0.15, 0.2) is 0 Å². The van der Waals surface area contributed by atoms with Crippen molar-refractivity contribution in [3.8, 4) is 0 Å². The second-order valence-corrected chi connectivity index (χ2v) is 5.35. The van der Waals surface area contributed by atoms with Crippen molar-refractivity contribution in [3.05, 3.63) is 22.3 Å². The van der Waals surface area contributed by atoms with E-state index < -0.39 is 11.9 Å². The Labute approximate surface area is 135 Å². The molecule has 0 amide bonds. The van der Waals surface area contributed by atoms with Crippen molar-refractivity contribution in [2.45, 2.75) is 26.7 Å². The van der Waals surface area contributed by atoms with Gasteiger partial charge < -0.3 is 9.47 Å². The molecule has 20 heavy (non-hydrogen) atoms. The van der Waals surface area contributed by atoms with Gasteiger partial charge in [0.2, 0.25) is 0 Å². The third kappa shape index (κ3) is 4.19. The molecule has 0 aromatic carbocycles. The van der Waals surface area contributed by atoms with Crippen molar-refractivity contribution in [1.29, 1.82) is 0 Å². The number of halogens is 2. The van der Waals surface area contributed by atoms with Gasteiger partial charge in [0.1, 0.15) is 0 Å². The van der Waals surface area contributed by atoms with Crippen molar-refractivity contribution in [1.82, 2.24) is 0 Å². The molecule has 0 radical (unpaired) electrons. The highest BCUT2D eigenvalue weighted by Crippen LogP contribution is 2.33. The van der Waals surface area contributed by atoms with Crippen LogP contribution in [-0.2, 0) is 19.1 Å². The maximum absolute atomic E-state index is 12.0. The molecule has 1 aliphatic rings. The number of allylic oxidation sites excluding steroid dienone is 2. The lowest BCUT2D eigenvalue weighted by molar-refractivity contribution is -0.142. The number of alkyl halides is 2. The molecule has 1 rings (SSSR count). The minimum Gasteiger partial charge on any atom is -0.463 e. The van der Waals surface area contributed by atoms with Gasteiger partial charge in [-0.15, -0.1) is 0 Å². The first kappa shape index (κ1) is 17.4. The van der Waals surface area contributed by atoms with Crippen LogP contribution in [0.2, 0.25) is 0 Å². The van der Waals surface area contributed by atoms with Gasteiger partial charge in [-0.1, -0.05) is 43.0 Å². The summed E-state index contributed by atoms with van der Waals surface area (Å²) in [6, 6.07) is 0. The summed E-state index contributed by atoms with van der Waals surface area (Å²) >= 11 is 6.85. The minimum absolute atomic E-state index is 0.289. The Balaban J connectivity index is 3.12. The lowest BCUT2D eigenvalue weighted by atomic mass is 9.87. The van der Waals surface area contributed by atoms with Crippen LogP contribution in [0.3, 0.4) is 0 Å². The molecule has 0 spiro atoms. The summed E-state index contributed by atoms with van der Waals surface area (Å²) in [5, 5.41) is 1.35. The number of carbonyl (C=O) groups excluding carboxylic acids is 2. The Morgan fingerprint density at radius 2 is 1.25 bits per heavy atom. The molecule has 0 aromatic rings. The van der Waals surface area contributed by atoms with Crippen LogP contribution in [0.5, 0.6) is 0 Å². The molecule has 4 nitrogen and oxygen atoms in total. The molecule has 0 aliphatic heterocycles. The first-order chi connectivity index (χ1) is 9.58. The van der Waals surface area contributed by atoms with Crippen LogP contribution in [-0.4, -0.2) is 35.8 Å². The van der Waals surface area contributed by atoms with E-state index in [0.29, 0.717) is 34.6 Å². The summed E-state index contributed by atoms with van der Waals surface area (Å²) < 4.78 is 10.1. The quantitative estimate of drug-likeness (QED) is 0.383. The molecular weight excluding hydrogens is 392 g/mol. The fourth-order valence-corrected chi connectivity index (χ4v) is 3.19. The summed E-state index contributed by atoms with van der Waals surface area (Å²) in [6.07, 6.45) is 0.859. The van der Waals surface area contributed by atoms with Crippen molar-refractivity contribution >= 4 is 43.8 Å². The van der Waals surface area contributed by atoms with Crippen LogP contribution < -0.4 is 0 Å². The Kier molecular flexibility index (Phi) is 7.51. The Bertz CT molecular complexity index is 412. The number of rotatable bonds is 6. The zero-order chi connectivity index (χ0) is 15.1. The van der Waals surface area contributed by atoms with Gasteiger partial charge in [0.05, 0.1) is 24.4 Å². The zero-order valence-electron chi connectivity index (χ0n) is 11.6. The Hall–Kier alpha value is -0.620. The van der Waals surface area contributed by atoms with E-state index in [1.54, 1.807) is 13.8 Å². The van der Waals surface area contributed by atoms with Crippen LogP contribution in [0, 0.1) is 0 Å². The molecule has 0 fully saturated rings. The maximum Gasteiger partial charge on any atom is 0.334 e. The third-order valence-electron chi connectivity index (χ3n) is 3.01. The van der Waals surface area contributed by atoms with Crippen molar-refractivity contribution < 1.29 is 19.1 Å². The number of carbonyl (C=O) groups is 2. The molecule has 0 saturated heterocycles. The van der Waals surface area contributed by atoms with Gasteiger partial charge in [-0.2, -0.15) is 0 Å². The molecule has 0 heterocycles. The second kappa shape index (κ2) is 8.62. The van der Waals surface area contributed by atoms with Gasteiger partial charge >= 0.3 is 11.9 Å². The first-order valence-corrected chi connectivity index (χ1v) is 8.71. The zero-order valence-corrected chi connectivity index (χ0v) is 14.8. The van der Waals surface area contributed by atoms with E-state index in [1.165, 1.54) is 0 Å². The van der Waals surface area contributed by atoms with E-state index in [-0.39, 0.29) is 13.2 Å².